The molecule has 3 rings (SSSR count). The number of carbonyl (C=O) groups excluding carboxylic acids is 1. The molecule has 5 heteroatoms. The molecule has 0 aromatic heterocycles. The molecule has 0 unspecified atom stereocenters. The molecule has 24 heavy (non-hydrogen) atoms. The van der Waals surface area contributed by atoms with Crippen molar-refractivity contribution in [3.05, 3.63) is 71.5 Å². The number of carbonyl (C=O) groups is 1. The Morgan fingerprint density at radius 1 is 1.00 bits per heavy atom. The summed E-state index contributed by atoms with van der Waals surface area (Å²) in [5.74, 6) is -0.749. The van der Waals surface area contributed by atoms with Crippen molar-refractivity contribution < 1.29 is 14.3 Å². The molecule has 0 saturated carbocycles. The van der Waals surface area contributed by atoms with Crippen molar-refractivity contribution in [2.75, 3.05) is 32.7 Å². The van der Waals surface area contributed by atoms with E-state index in [2.05, 4.69) is 4.90 Å². The normalized spacial score (nSPS) is 16.8. The van der Waals surface area contributed by atoms with Gasteiger partial charge in [0.15, 0.2) is 0 Å². The number of hydrogen-bond donors (Lipinski definition) is 1. The lowest BCUT2D eigenvalue weighted by Crippen LogP contribution is -2.49. The van der Waals surface area contributed by atoms with Gasteiger partial charge in [-0.15, -0.1) is 0 Å². The second kappa shape index (κ2) is 7.55. The van der Waals surface area contributed by atoms with E-state index in [-0.39, 0.29) is 11.5 Å². The Morgan fingerprint density at radius 3 is 2.29 bits per heavy atom. The number of benzene rings is 2. The van der Waals surface area contributed by atoms with Gasteiger partial charge in [0.25, 0.3) is 5.91 Å². The minimum Gasteiger partial charge on any atom is -0.387 e. The predicted octanol–water partition coefficient (Wildman–Crippen LogP) is 2.32. The third-order valence-corrected chi connectivity index (χ3v) is 4.38. The first-order chi connectivity index (χ1) is 11.6. The maximum absolute atomic E-state index is 13.7. The lowest BCUT2D eigenvalue weighted by Gasteiger charge is -2.35. The number of halogens is 1. The molecular formula is C19H21FN2O2. The molecule has 2 aromatic carbocycles. The van der Waals surface area contributed by atoms with Gasteiger partial charge in [-0.1, -0.05) is 42.5 Å². The Hall–Kier alpha value is -2.24. The number of β-amino-alcohol motifs (C(OH)–C–C–N with tert-alkyl or cyclic N) is 1. The summed E-state index contributed by atoms with van der Waals surface area (Å²) in [4.78, 5) is 16.2. The Bertz CT molecular complexity index is 685. The van der Waals surface area contributed by atoms with Crippen molar-refractivity contribution in [1.82, 2.24) is 9.80 Å². The number of aliphatic hydroxyl groups excluding tert-OH is 1. The van der Waals surface area contributed by atoms with Crippen molar-refractivity contribution in [3.63, 3.8) is 0 Å². The van der Waals surface area contributed by atoms with Crippen LogP contribution >= 0.6 is 0 Å². The van der Waals surface area contributed by atoms with Gasteiger partial charge in [0.05, 0.1) is 11.7 Å². The van der Waals surface area contributed by atoms with Gasteiger partial charge in [-0.05, 0) is 17.7 Å². The quantitative estimate of drug-likeness (QED) is 0.937. The van der Waals surface area contributed by atoms with Crippen molar-refractivity contribution in [2.24, 2.45) is 0 Å². The minimum atomic E-state index is -0.542. The van der Waals surface area contributed by atoms with Gasteiger partial charge in [-0.25, -0.2) is 4.39 Å². The van der Waals surface area contributed by atoms with Crippen LogP contribution in [0.1, 0.15) is 22.0 Å². The zero-order valence-corrected chi connectivity index (χ0v) is 13.4. The molecule has 1 fully saturated rings. The molecule has 0 radical (unpaired) electrons. The molecular weight excluding hydrogens is 307 g/mol. The lowest BCUT2D eigenvalue weighted by molar-refractivity contribution is 0.0524. The predicted molar refractivity (Wildman–Crippen MR) is 90.1 cm³/mol. The van der Waals surface area contributed by atoms with Gasteiger partial charge >= 0.3 is 0 Å². The Morgan fingerprint density at radius 2 is 1.62 bits per heavy atom. The first-order valence-corrected chi connectivity index (χ1v) is 8.14. The molecule has 2 aromatic rings. The number of rotatable bonds is 4. The van der Waals surface area contributed by atoms with Gasteiger partial charge in [0.2, 0.25) is 0 Å². The maximum Gasteiger partial charge on any atom is 0.256 e. The third kappa shape index (κ3) is 3.80. The fraction of sp³-hybridized carbons (Fsp3) is 0.316. The second-order valence-electron chi connectivity index (χ2n) is 6.00. The molecule has 1 aliphatic heterocycles. The van der Waals surface area contributed by atoms with Crippen molar-refractivity contribution in [1.29, 1.82) is 0 Å². The van der Waals surface area contributed by atoms with Gasteiger partial charge in [0, 0.05) is 32.7 Å². The molecule has 1 aliphatic rings. The SMILES string of the molecule is O=C(c1ccccc1F)N1CCN(C[C@H](O)c2ccccc2)CC1. The van der Waals surface area contributed by atoms with Crippen LogP contribution in [0.5, 0.6) is 0 Å². The highest BCUT2D eigenvalue weighted by Crippen LogP contribution is 2.16. The Balaban J connectivity index is 1.54. The van der Waals surface area contributed by atoms with E-state index in [1.807, 2.05) is 30.3 Å². The van der Waals surface area contributed by atoms with Gasteiger partial charge < -0.3 is 10.0 Å². The maximum atomic E-state index is 13.7. The Labute approximate surface area is 141 Å². The highest BCUT2D eigenvalue weighted by atomic mass is 19.1. The second-order valence-corrected chi connectivity index (χ2v) is 6.00. The van der Waals surface area contributed by atoms with E-state index in [1.54, 1.807) is 17.0 Å². The fourth-order valence-corrected chi connectivity index (χ4v) is 2.96. The standard InChI is InChI=1S/C19H21FN2O2/c20-17-9-5-4-8-16(17)19(24)22-12-10-21(11-13-22)14-18(23)15-6-2-1-3-7-15/h1-9,18,23H,10-14H2/t18-/m0/s1. The highest BCUT2D eigenvalue weighted by molar-refractivity contribution is 5.94. The number of amides is 1. The molecule has 0 bridgehead atoms. The van der Waals surface area contributed by atoms with E-state index in [0.717, 1.165) is 5.56 Å². The Kier molecular flexibility index (Phi) is 5.23. The monoisotopic (exact) mass is 328 g/mol. The summed E-state index contributed by atoms with van der Waals surface area (Å²) in [6.45, 7) is 2.95. The summed E-state index contributed by atoms with van der Waals surface area (Å²) < 4.78 is 13.7. The number of nitrogens with zero attached hydrogens (tertiary/aromatic N) is 2. The molecule has 0 aliphatic carbocycles. The van der Waals surface area contributed by atoms with Gasteiger partial charge in [-0.2, -0.15) is 0 Å². The average molecular weight is 328 g/mol. The highest BCUT2D eigenvalue weighted by Gasteiger charge is 2.25. The molecule has 1 saturated heterocycles. The van der Waals surface area contributed by atoms with Gasteiger partial charge in [-0.3, -0.25) is 9.69 Å². The van der Waals surface area contributed by atoms with Crippen LogP contribution in [0.2, 0.25) is 0 Å². The lowest BCUT2D eigenvalue weighted by atomic mass is 10.1. The van der Waals surface area contributed by atoms with Crippen LogP contribution in [0.4, 0.5) is 4.39 Å². The first kappa shape index (κ1) is 16.6. The fourth-order valence-electron chi connectivity index (χ4n) is 2.96. The van der Waals surface area contributed by atoms with Crippen molar-refractivity contribution in [2.45, 2.75) is 6.10 Å². The summed E-state index contributed by atoms with van der Waals surface area (Å²) in [7, 11) is 0. The molecule has 126 valence electrons. The van der Waals surface area contributed by atoms with Crippen LogP contribution in [0, 0.1) is 5.82 Å². The van der Waals surface area contributed by atoms with Crippen LogP contribution in [0.25, 0.3) is 0 Å². The van der Waals surface area contributed by atoms with E-state index >= 15 is 0 Å². The number of aliphatic hydroxyl groups is 1. The van der Waals surface area contributed by atoms with Crippen molar-refractivity contribution >= 4 is 5.91 Å². The smallest absolute Gasteiger partial charge is 0.256 e. The van der Waals surface area contributed by atoms with Gasteiger partial charge in [0.1, 0.15) is 5.82 Å². The van der Waals surface area contributed by atoms with E-state index in [1.165, 1.54) is 12.1 Å². The molecule has 1 N–H and O–H groups in total. The van der Waals surface area contributed by atoms with Crippen LogP contribution < -0.4 is 0 Å². The van der Waals surface area contributed by atoms with E-state index in [9.17, 15) is 14.3 Å². The van der Waals surface area contributed by atoms with E-state index in [4.69, 9.17) is 0 Å². The van der Waals surface area contributed by atoms with Crippen LogP contribution in [-0.4, -0.2) is 53.5 Å². The van der Waals surface area contributed by atoms with E-state index < -0.39 is 11.9 Å². The molecule has 1 atom stereocenters. The average Bonchev–Trinajstić information content (AvgIpc) is 2.63. The summed E-state index contributed by atoms with van der Waals surface area (Å²) in [6.07, 6.45) is -0.542. The van der Waals surface area contributed by atoms with Crippen LogP contribution in [0.15, 0.2) is 54.6 Å². The molecule has 1 heterocycles. The summed E-state index contributed by atoms with van der Waals surface area (Å²) in [5.41, 5.74) is 1.01. The third-order valence-electron chi connectivity index (χ3n) is 4.38. The number of hydrogen-bond acceptors (Lipinski definition) is 3. The topological polar surface area (TPSA) is 43.8 Å². The zero-order chi connectivity index (χ0) is 16.9. The summed E-state index contributed by atoms with van der Waals surface area (Å²) >= 11 is 0. The van der Waals surface area contributed by atoms with E-state index in [0.29, 0.717) is 32.7 Å². The van der Waals surface area contributed by atoms with Crippen LogP contribution in [-0.2, 0) is 0 Å². The minimum absolute atomic E-state index is 0.121. The summed E-state index contributed by atoms with van der Waals surface area (Å²) in [5, 5.41) is 10.3. The number of piperazine rings is 1. The summed E-state index contributed by atoms with van der Waals surface area (Å²) in [6, 6.07) is 15.6. The first-order valence-electron chi connectivity index (χ1n) is 8.14. The molecule has 0 spiro atoms. The van der Waals surface area contributed by atoms with Crippen molar-refractivity contribution in [3.8, 4) is 0 Å². The largest absolute Gasteiger partial charge is 0.387 e. The zero-order valence-electron chi connectivity index (χ0n) is 13.4. The van der Waals surface area contributed by atoms with Crippen LogP contribution in [0.3, 0.4) is 0 Å². The molecule has 4 nitrogen and oxygen atoms in total. The molecule has 1 amide bonds.